The van der Waals surface area contributed by atoms with Crippen LogP contribution in [0.5, 0.6) is 5.75 Å². The summed E-state index contributed by atoms with van der Waals surface area (Å²) in [4.78, 5) is 17.9. The van der Waals surface area contributed by atoms with Crippen molar-refractivity contribution in [2.45, 2.75) is 32.8 Å². The Kier molecular flexibility index (Phi) is 9.66. The van der Waals surface area contributed by atoms with Gasteiger partial charge in [0.15, 0.2) is 6.61 Å². The van der Waals surface area contributed by atoms with Crippen molar-refractivity contribution < 1.29 is 23.5 Å². The molecule has 1 N–H and O–H groups in total. The first-order valence-electron chi connectivity index (χ1n) is 12.6. The molecule has 0 radical (unpaired) electrons. The van der Waals surface area contributed by atoms with Crippen LogP contribution in [-0.4, -0.2) is 38.0 Å². The first-order valence-corrected chi connectivity index (χ1v) is 12.6. The quantitative estimate of drug-likeness (QED) is 0.287. The fraction of sp³-hybridized carbons (Fsp3) is 0.333. The van der Waals surface area contributed by atoms with Gasteiger partial charge in [0.1, 0.15) is 18.2 Å². The number of benzene rings is 3. The van der Waals surface area contributed by atoms with E-state index in [1.165, 1.54) is 12.1 Å². The maximum Gasteiger partial charge on any atom is 0.257 e. The van der Waals surface area contributed by atoms with Gasteiger partial charge in [0.05, 0.1) is 5.71 Å². The molecule has 0 saturated carbocycles. The van der Waals surface area contributed by atoms with Crippen molar-refractivity contribution in [3.63, 3.8) is 0 Å². The highest BCUT2D eigenvalue weighted by Gasteiger charge is 2.15. The molecule has 6 nitrogen and oxygen atoms in total. The minimum Gasteiger partial charge on any atom is -0.484 e. The predicted octanol–water partition coefficient (Wildman–Crippen LogP) is 5.22. The highest BCUT2D eigenvalue weighted by Crippen LogP contribution is 2.21. The van der Waals surface area contributed by atoms with Crippen molar-refractivity contribution in [1.82, 2.24) is 5.32 Å². The highest BCUT2D eigenvalue weighted by molar-refractivity contribution is 6.01. The van der Waals surface area contributed by atoms with Crippen molar-refractivity contribution in [1.29, 1.82) is 0 Å². The predicted molar refractivity (Wildman–Crippen MR) is 141 cm³/mol. The molecule has 37 heavy (non-hydrogen) atoms. The summed E-state index contributed by atoms with van der Waals surface area (Å²) in [5.41, 5.74) is 4.49. The van der Waals surface area contributed by atoms with E-state index in [1.807, 2.05) is 55.5 Å². The van der Waals surface area contributed by atoms with Crippen LogP contribution >= 0.6 is 0 Å². The summed E-state index contributed by atoms with van der Waals surface area (Å²) in [6.07, 6.45) is 2.53. The Labute approximate surface area is 217 Å². The maximum absolute atomic E-state index is 13.2. The number of rotatable bonds is 11. The first-order chi connectivity index (χ1) is 18.1. The minimum atomic E-state index is -0.286. The van der Waals surface area contributed by atoms with Gasteiger partial charge in [0, 0.05) is 31.7 Å². The number of carbonyl (C=O) groups excluding carboxylic acids is 1. The molecule has 1 heterocycles. The molecular formula is C30H33FN2O4. The first kappa shape index (κ1) is 26.4. The molecule has 1 aliphatic rings. The number of nitrogens with zero attached hydrogens (tertiary/aromatic N) is 1. The molecule has 0 unspecified atom stereocenters. The molecule has 0 aliphatic carbocycles. The van der Waals surface area contributed by atoms with Crippen LogP contribution in [0.2, 0.25) is 0 Å². The van der Waals surface area contributed by atoms with Crippen LogP contribution < -0.4 is 10.1 Å². The van der Waals surface area contributed by atoms with Crippen molar-refractivity contribution in [2.75, 3.05) is 26.4 Å². The standard InChI is InChI=1S/C30H33FN2O4/c1-22-17-26(9-12-29(22)36-21-30(34)32-19-24-13-15-35-16-14-24)28(18-23-5-3-2-4-6-23)33-37-20-25-7-10-27(31)11-8-25/h2-12,17,24H,13-16,18-21H2,1H3,(H,32,34)/b33-28+. The number of ether oxygens (including phenoxy) is 2. The number of nitrogens with one attached hydrogen (secondary N) is 1. The van der Waals surface area contributed by atoms with Crippen LogP contribution in [0.1, 0.15) is 35.1 Å². The summed E-state index contributed by atoms with van der Waals surface area (Å²) in [6, 6.07) is 22.0. The van der Waals surface area contributed by atoms with Crippen LogP contribution in [0.3, 0.4) is 0 Å². The topological polar surface area (TPSA) is 69.2 Å². The zero-order valence-electron chi connectivity index (χ0n) is 21.1. The third-order valence-corrected chi connectivity index (χ3v) is 6.33. The summed E-state index contributed by atoms with van der Waals surface area (Å²) in [7, 11) is 0. The zero-order chi connectivity index (χ0) is 25.9. The number of carbonyl (C=O) groups is 1. The normalized spacial score (nSPS) is 14.3. The van der Waals surface area contributed by atoms with Gasteiger partial charge >= 0.3 is 0 Å². The number of aryl methyl sites for hydroxylation is 1. The second-order valence-electron chi connectivity index (χ2n) is 9.23. The Morgan fingerprint density at radius 3 is 2.51 bits per heavy atom. The molecule has 1 saturated heterocycles. The molecule has 194 valence electrons. The summed E-state index contributed by atoms with van der Waals surface area (Å²) < 4.78 is 24.3. The molecule has 1 amide bonds. The lowest BCUT2D eigenvalue weighted by Crippen LogP contribution is -2.35. The van der Waals surface area contributed by atoms with Gasteiger partial charge in [0.25, 0.3) is 5.91 Å². The molecule has 0 aromatic heterocycles. The second kappa shape index (κ2) is 13.6. The monoisotopic (exact) mass is 504 g/mol. The molecular weight excluding hydrogens is 471 g/mol. The number of oxime groups is 1. The SMILES string of the molecule is Cc1cc(/C(Cc2ccccc2)=N/OCc2ccc(F)cc2)ccc1OCC(=O)NCC1CCOCC1. The molecule has 4 rings (SSSR count). The molecule has 3 aromatic carbocycles. The van der Waals surface area contributed by atoms with Crippen LogP contribution in [0, 0.1) is 18.7 Å². The van der Waals surface area contributed by atoms with Gasteiger partial charge in [-0.3, -0.25) is 4.79 Å². The van der Waals surface area contributed by atoms with Gasteiger partial charge in [-0.15, -0.1) is 0 Å². The van der Waals surface area contributed by atoms with E-state index >= 15 is 0 Å². The Hall–Kier alpha value is -3.71. The van der Waals surface area contributed by atoms with Gasteiger partial charge in [-0.2, -0.15) is 0 Å². The van der Waals surface area contributed by atoms with Crippen molar-refractivity contribution in [3.05, 3.63) is 101 Å². The van der Waals surface area contributed by atoms with Gasteiger partial charge in [-0.1, -0.05) is 47.6 Å². The molecule has 1 aliphatic heterocycles. The fourth-order valence-corrected chi connectivity index (χ4v) is 4.14. The molecule has 3 aromatic rings. The van der Waals surface area contributed by atoms with Crippen LogP contribution in [0.25, 0.3) is 0 Å². The van der Waals surface area contributed by atoms with Crippen LogP contribution in [-0.2, 0) is 27.4 Å². The average molecular weight is 505 g/mol. The lowest BCUT2D eigenvalue weighted by molar-refractivity contribution is -0.123. The third kappa shape index (κ3) is 8.43. The Morgan fingerprint density at radius 1 is 1.03 bits per heavy atom. The van der Waals surface area contributed by atoms with Gasteiger partial charge in [-0.05, 0) is 72.7 Å². The summed E-state index contributed by atoms with van der Waals surface area (Å²) in [5.74, 6) is 0.699. The molecule has 0 spiro atoms. The second-order valence-corrected chi connectivity index (χ2v) is 9.23. The smallest absolute Gasteiger partial charge is 0.257 e. The summed E-state index contributed by atoms with van der Waals surface area (Å²) >= 11 is 0. The van der Waals surface area contributed by atoms with E-state index in [-0.39, 0.29) is 24.9 Å². The van der Waals surface area contributed by atoms with Gasteiger partial charge in [0.2, 0.25) is 0 Å². The number of hydrogen-bond donors (Lipinski definition) is 1. The van der Waals surface area contributed by atoms with E-state index in [0.29, 0.717) is 24.6 Å². The number of halogens is 1. The van der Waals surface area contributed by atoms with Crippen molar-refractivity contribution >= 4 is 11.6 Å². The lowest BCUT2D eigenvalue weighted by atomic mass is 10.0. The van der Waals surface area contributed by atoms with Gasteiger partial charge < -0.3 is 19.6 Å². The van der Waals surface area contributed by atoms with Crippen molar-refractivity contribution in [3.8, 4) is 5.75 Å². The number of amides is 1. The number of hydrogen-bond acceptors (Lipinski definition) is 5. The molecule has 0 atom stereocenters. The Morgan fingerprint density at radius 2 is 1.78 bits per heavy atom. The third-order valence-electron chi connectivity index (χ3n) is 6.33. The molecule has 1 fully saturated rings. The van der Waals surface area contributed by atoms with E-state index in [4.69, 9.17) is 14.3 Å². The van der Waals surface area contributed by atoms with Crippen LogP contribution in [0.4, 0.5) is 4.39 Å². The minimum absolute atomic E-state index is 0.0326. The largest absolute Gasteiger partial charge is 0.484 e. The van der Waals surface area contributed by atoms with E-state index in [0.717, 1.165) is 54.0 Å². The van der Waals surface area contributed by atoms with E-state index in [1.54, 1.807) is 12.1 Å². The summed E-state index contributed by atoms with van der Waals surface area (Å²) in [6.45, 7) is 4.32. The Balaban J connectivity index is 1.38. The van der Waals surface area contributed by atoms with Crippen molar-refractivity contribution in [2.24, 2.45) is 11.1 Å². The van der Waals surface area contributed by atoms with E-state index in [2.05, 4.69) is 10.5 Å². The van der Waals surface area contributed by atoms with E-state index < -0.39 is 0 Å². The summed E-state index contributed by atoms with van der Waals surface area (Å²) in [5, 5.41) is 7.39. The van der Waals surface area contributed by atoms with Crippen LogP contribution in [0.15, 0.2) is 78.0 Å². The maximum atomic E-state index is 13.2. The fourth-order valence-electron chi connectivity index (χ4n) is 4.14. The molecule has 7 heteroatoms. The zero-order valence-corrected chi connectivity index (χ0v) is 21.1. The van der Waals surface area contributed by atoms with Gasteiger partial charge in [-0.25, -0.2) is 4.39 Å². The van der Waals surface area contributed by atoms with E-state index in [9.17, 15) is 9.18 Å². The molecule has 0 bridgehead atoms. The Bertz CT molecular complexity index is 1180. The average Bonchev–Trinajstić information content (AvgIpc) is 2.93. The highest BCUT2D eigenvalue weighted by atomic mass is 19.1. The lowest BCUT2D eigenvalue weighted by Gasteiger charge is -2.22.